The maximum atomic E-state index is 14.0. The van der Waals surface area contributed by atoms with Crippen LogP contribution >= 0.6 is 0 Å². The van der Waals surface area contributed by atoms with Gasteiger partial charge in [0.15, 0.2) is 12.1 Å². The van der Waals surface area contributed by atoms with E-state index >= 15 is 0 Å². The summed E-state index contributed by atoms with van der Waals surface area (Å²) in [6.07, 6.45) is 4.98. The van der Waals surface area contributed by atoms with Crippen LogP contribution in [0.5, 0.6) is 0 Å². The highest BCUT2D eigenvalue weighted by Gasteiger charge is 2.55. The van der Waals surface area contributed by atoms with Gasteiger partial charge in [0.05, 0.1) is 17.4 Å². The van der Waals surface area contributed by atoms with Crippen molar-refractivity contribution in [2.75, 3.05) is 11.4 Å². The Kier molecular flexibility index (Phi) is 6.49. The number of carbonyl (C=O) groups excluding carboxylic acids is 3. The average molecular weight is 559 g/mol. The quantitative estimate of drug-likeness (QED) is 0.407. The van der Waals surface area contributed by atoms with Gasteiger partial charge in [0.1, 0.15) is 6.54 Å². The maximum absolute atomic E-state index is 14.0. The second-order valence-corrected chi connectivity index (χ2v) is 11.2. The second kappa shape index (κ2) is 10.5. The lowest BCUT2D eigenvalue weighted by Gasteiger charge is -2.30. The van der Waals surface area contributed by atoms with Crippen LogP contribution in [0.1, 0.15) is 42.0 Å². The topological polar surface area (TPSA) is 98.0 Å². The van der Waals surface area contributed by atoms with Crippen LogP contribution in [0.2, 0.25) is 0 Å². The number of anilines is 1. The number of nitrogens with zero attached hydrogens (tertiary/aromatic N) is 6. The molecule has 3 heterocycles. The minimum Gasteiger partial charge on any atom is -0.271 e. The van der Waals surface area contributed by atoms with Crippen LogP contribution in [-0.2, 0) is 14.4 Å². The zero-order chi connectivity index (χ0) is 28.8. The fraction of sp³-hybridized carbons (Fsp3) is 0.273. The molecule has 0 unspecified atom stereocenters. The predicted molar refractivity (Wildman–Crippen MR) is 158 cm³/mol. The Balaban J connectivity index is 1.18. The molecule has 3 amide bonds. The summed E-state index contributed by atoms with van der Waals surface area (Å²) in [5.74, 6) is -1.10. The smallest absolute Gasteiger partial charge is 0.264 e. The van der Waals surface area contributed by atoms with Crippen LogP contribution in [0.3, 0.4) is 0 Å². The molecule has 9 heteroatoms. The van der Waals surface area contributed by atoms with Crippen LogP contribution in [0.4, 0.5) is 5.69 Å². The summed E-state index contributed by atoms with van der Waals surface area (Å²) >= 11 is 0. The Morgan fingerprint density at radius 3 is 2.36 bits per heavy atom. The number of hydrogen-bond donors (Lipinski definition) is 0. The highest BCUT2D eigenvalue weighted by molar-refractivity contribution is 6.25. The minimum atomic E-state index is -0.968. The van der Waals surface area contributed by atoms with E-state index in [-0.39, 0.29) is 24.4 Å². The van der Waals surface area contributed by atoms with Crippen LogP contribution in [0.25, 0.3) is 6.08 Å². The Bertz CT molecular complexity index is 1630. The molecule has 0 radical (unpaired) electrons. The van der Waals surface area contributed by atoms with Crippen molar-refractivity contribution in [3.8, 4) is 0 Å². The lowest BCUT2D eigenvalue weighted by atomic mass is 9.77. The molecule has 4 atom stereocenters. The number of benzene rings is 3. The van der Waals surface area contributed by atoms with Crippen LogP contribution in [0, 0.1) is 12.8 Å². The number of rotatable bonds is 5. The first-order chi connectivity index (χ1) is 20.5. The number of hydrazone groups is 1. The number of allylic oxidation sites excluding steroid dienone is 1. The van der Waals surface area contributed by atoms with E-state index in [9.17, 15) is 14.4 Å². The first-order valence-corrected chi connectivity index (χ1v) is 14.3. The van der Waals surface area contributed by atoms with Gasteiger partial charge in [0.25, 0.3) is 17.7 Å². The first-order valence-electron chi connectivity index (χ1n) is 14.3. The largest absolute Gasteiger partial charge is 0.271 e. The van der Waals surface area contributed by atoms with Crippen LogP contribution < -0.4 is 4.90 Å². The van der Waals surface area contributed by atoms with E-state index in [1.165, 1.54) is 5.01 Å². The second-order valence-electron chi connectivity index (χ2n) is 11.2. The number of amides is 3. The van der Waals surface area contributed by atoms with Crippen molar-refractivity contribution < 1.29 is 14.4 Å². The fourth-order valence-corrected chi connectivity index (χ4v) is 6.45. The van der Waals surface area contributed by atoms with Gasteiger partial charge in [-0.15, -0.1) is 0 Å². The molecule has 2 fully saturated rings. The molecule has 1 saturated carbocycles. The third kappa shape index (κ3) is 4.41. The van der Waals surface area contributed by atoms with Gasteiger partial charge in [-0.2, -0.15) is 10.2 Å². The molecule has 1 saturated heterocycles. The third-order valence-corrected chi connectivity index (χ3v) is 8.49. The van der Waals surface area contributed by atoms with E-state index in [1.807, 2.05) is 67.6 Å². The molecule has 1 aliphatic carbocycles. The summed E-state index contributed by atoms with van der Waals surface area (Å²) in [5.41, 5.74) is 5.69. The van der Waals surface area contributed by atoms with Gasteiger partial charge in [-0.1, -0.05) is 83.6 Å². The standard InChI is InChI=1S/C33H30N6O3/c1-21-15-17-25(18-16-21)38-32(41)29-31(33(38)42)37(36-34-29)20-27(40)39-30(23-11-6-3-7-12-23)26-14-8-13-24(28(26)35-39)19-22-9-4-2-5-10-22/h2-7,9-12,15-19,26,29-31H,8,13-14,20H2,1H3/b24-19+/t26-,29+,30+,31-/m0/s1. The molecule has 0 bridgehead atoms. The SMILES string of the molecule is Cc1ccc(N2C(=O)[C@@H]3[C@@H](N=NN3CC(=O)N3N=C4/C(=C/c5ccccc5)CCC[C@@H]4[C@H]3c3ccccc3)C2=O)cc1. The van der Waals surface area contributed by atoms with Gasteiger partial charge in [-0.05, 0) is 61.1 Å². The number of hydrogen-bond acceptors (Lipinski definition) is 7. The summed E-state index contributed by atoms with van der Waals surface area (Å²) < 4.78 is 0. The molecule has 9 nitrogen and oxygen atoms in total. The summed E-state index contributed by atoms with van der Waals surface area (Å²) in [7, 11) is 0. The molecule has 0 spiro atoms. The molecule has 3 aliphatic heterocycles. The number of aryl methyl sites for hydroxylation is 1. The van der Waals surface area contributed by atoms with Crippen molar-refractivity contribution >= 4 is 35.2 Å². The lowest BCUT2D eigenvalue weighted by Crippen LogP contribution is -2.45. The highest BCUT2D eigenvalue weighted by atomic mass is 16.2. The lowest BCUT2D eigenvalue weighted by molar-refractivity contribution is -0.136. The maximum Gasteiger partial charge on any atom is 0.264 e. The van der Waals surface area contributed by atoms with Crippen molar-refractivity contribution in [2.24, 2.45) is 21.4 Å². The highest BCUT2D eigenvalue weighted by Crippen LogP contribution is 2.44. The summed E-state index contributed by atoms with van der Waals surface area (Å²) in [6, 6.07) is 25.1. The number of carbonyl (C=O) groups is 3. The number of imide groups is 1. The Hall–Kier alpha value is -4.92. The fourth-order valence-electron chi connectivity index (χ4n) is 6.45. The molecular formula is C33H30N6O3. The van der Waals surface area contributed by atoms with E-state index in [0.29, 0.717) is 5.69 Å². The zero-order valence-electron chi connectivity index (χ0n) is 23.2. The molecule has 210 valence electrons. The van der Waals surface area contributed by atoms with E-state index in [4.69, 9.17) is 5.10 Å². The van der Waals surface area contributed by atoms with Crippen molar-refractivity contribution in [1.82, 2.24) is 10.0 Å². The van der Waals surface area contributed by atoms with Gasteiger partial charge < -0.3 is 0 Å². The van der Waals surface area contributed by atoms with E-state index < -0.39 is 23.9 Å². The van der Waals surface area contributed by atoms with Gasteiger partial charge in [0.2, 0.25) is 0 Å². The number of fused-ring (bicyclic) bond motifs is 2. The molecule has 7 rings (SSSR count). The predicted octanol–water partition coefficient (Wildman–Crippen LogP) is 5.11. The van der Waals surface area contributed by atoms with Crippen molar-refractivity contribution in [2.45, 2.75) is 44.3 Å². The van der Waals surface area contributed by atoms with Gasteiger partial charge in [0, 0.05) is 5.92 Å². The Morgan fingerprint density at radius 2 is 1.62 bits per heavy atom. The van der Waals surface area contributed by atoms with Crippen molar-refractivity contribution in [3.63, 3.8) is 0 Å². The zero-order valence-corrected chi connectivity index (χ0v) is 23.2. The molecule has 3 aromatic rings. The summed E-state index contributed by atoms with van der Waals surface area (Å²) in [5, 5.41) is 16.1. The molecule has 0 N–H and O–H groups in total. The van der Waals surface area contributed by atoms with Crippen molar-refractivity contribution in [1.29, 1.82) is 0 Å². The monoisotopic (exact) mass is 558 g/mol. The van der Waals surface area contributed by atoms with Crippen LogP contribution in [0.15, 0.2) is 106 Å². The first kappa shape index (κ1) is 26.0. The Morgan fingerprint density at radius 1 is 0.905 bits per heavy atom. The molecule has 42 heavy (non-hydrogen) atoms. The van der Waals surface area contributed by atoms with E-state index in [1.54, 1.807) is 17.1 Å². The molecule has 3 aromatic carbocycles. The van der Waals surface area contributed by atoms with E-state index in [2.05, 4.69) is 28.5 Å². The van der Waals surface area contributed by atoms with E-state index in [0.717, 1.165) is 52.1 Å². The third-order valence-electron chi connectivity index (χ3n) is 8.49. The summed E-state index contributed by atoms with van der Waals surface area (Å²) in [6.45, 7) is 1.73. The Labute approximate surface area is 243 Å². The normalized spacial score (nSPS) is 25.7. The van der Waals surface area contributed by atoms with Crippen molar-refractivity contribution in [3.05, 3.63) is 107 Å². The van der Waals surface area contributed by atoms with Gasteiger partial charge >= 0.3 is 0 Å². The van der Waals surface area contributed by atoms with Gasteiger partial charge in [-0.3, -0.25) is 19.4 Å². The van der Waals surface area contributed by atoms with Gasteiger partial charge in [-0.25, -0.2) is 9.91 Å². The minimum absolute atomic E-state index is 0.0553. The molecular weight excluding hydrogens is 528 g/mol. The summed E-state index contributed by atoms with van der Waals surface area (Å²) in [4.78, 5) is 41.8. The van der Waals surface area contributed by atoms with Crippen LogP contribution in [-0.4, -0.2) is 52.1 Å². The molecule has 0 aromatic heterocycles. The average Bonchev–Trinajstić information content (AvgIpc) is 3.68. The molecule has 4 aliphatic rings.